The minimum atomic E-state index is -0.338. The Labute approximate surface area is 151 Å². The molecule has 3 rings (SSSR count). The quantitative estimate of drug-likeness (QED) is 0.702. The van der Waals surface area contributed by atoms with Crippen molar-refractivity contribution in [2.24, 2.45) is 0 Å². The number of carbonyl (C=O) groups is 1. The molecule has 138 valence electrons. The molecule has 1 unspecified atom stereocenters. The van der Waals surface area contributed by atoms with Gasteiger partial charge < -0.3 is 5.32 Å². The van der Waals surface area contributed by atoms with Crippen LogP contribution in [-0.4, -0.2) is 30.3 Å². The van der Waals surface area contributed by atoms with Crippen molar-refractivity contribution in [3.8, 4) is 0 Å². The summed E-state index contributed by atoms with van der Waals surface area (Å²) in [5.74, 6) is -0.0756. The molecule has 0 saturated heterocycles. The molecule has 1 amide bonds. The third-order valence-corrected chi connectivity index (χ3v) is 4.41. The summed E-state index contributed by atoms with van der Waals surface area (Å²) in [5, 5.41) is 10.2. The highest BCUT2D eigenvalue weighted by molar-refractivity contribution is 5.76. The fraction of sp³-hybridized carbons (Fsp3) is 0.444. The van der Waals surface area contributed by atoms with Crippen LogP contribution in [0.15, 0.2) is 23.1 Å². The monoisotopic (exact) mass is 356 g/mol. The Balaban J connectivity index is 1.65. The van der Waals surface area contributed by atoms with Gasteiger partial charge in [-0.3, -0.25) is 19.4 Å². The van der Waals surface area contributed by atoms with E-state index < -0.39 is 0 Å². The number of hydrogen-bond acceptors (Lipinski definition) is 4. The lowest BCUT2D eigenvalue weighted by Gasteiger charge is -2.13. The topological polar surface area (TPSA) is 97.1 Å². The van der Waals surface area contributed by atoms with E-state index in [1.54, 1.807) is 6.07 Å². The first-order valence-electron chi connectivity index (χ1n) is 8.79. The number of fused-ring (bicyclic) bond motifs is 1. The Kier molecular flexibility index (Phi) is 4.92. The predicted octanol–water partition coefficient (Wildman–Crippen LogP) is 1.67. The van der Waals surface area contributed by atoms with Gasteiger partial charge in [-0.1, -0.05) is 0 Å². The second kappa shape index (κ2) is 7.15. The van der Waals surface area contributed by atoms with Gasteiger partial charge in [0.1, 0.15) is 0 Å². The first-order valence-corrected chi connectivity index (χ1v) is 8.79. The number of rotatable bonds is 6. The van der Waals surface area contributed by atoms with E-state index in [4.69, 9.17) is 0 Å². The molecule has 0 bridgehead atoms. The Morgan fingerprint density at radius 1 is 1.35 bits per heavy atom. The van der Waals surface area contributed by atoms with Crippen LogP contribution in [-0.2, 0) is 17.8 Å². The molecule has 0 aromatic carbocycles. The molecule has 0 aliphatic heterocycles. The van der Waals surface area contributed by atoms with Gasteiger partial charge in [0.15, 0.2) is 5.65 Å². The van der Waals surface area contributed by atoms with Crippen LogP contribution in [0.25, 0.3) is 5.65 Å². The summed E-state index contributed by atoms with van der Waals surface area (Å²) in [6.45, 7) is 8.49. The first-order chi connectivity index (χ1) is 12.4. The summed E-state index contributed by atoms with van der Waals surface area (Å²) in [5.41, 5.74) is 3.80. The van der Waals surface area contributed by atoms with Crippen LogP contribution in [0.1, 0.15) is 49.0 Å². The maximum absolute atomic E-state index is 12.3. The lowest BCUT2D eigenvalue weighted by atomic mass is 10.1. The maximum Gasteiger partial charge on any atom is 0.272 e. The lowest BCUT2D eigenvalue weighted by Crippen LogP contribution is -2.29. The average Bonchev–Trinajstić information content (AvgIpc) is 3.14. The van der Waals surface area contributed by atoms with Gasteiger partial charge in [-0.15, -0.1) is 0 Å². The standard InChI is InChI=1S/C18H24N6O2/c1-5-23-10-14(12(3)22-23)6-7-17(25)19-13(4)15-9-18(26)24-16(20-15)8-11(2)21-24/h8-10,13,21H,5-7H2,1-4H3,(H,19,25). The number of aromatic amines is 1. The normalized spacial score (nSPS) is 12.5. The van der Waals surface area contributed by atoms with Crippen molar-refractivity contribution in [2.45, 2.75) is 53.1 Å². The van der Waals surface area contributed by atoms with E-state index in [0.29, 0.717) is 24.2 Å². The van der Waals surface area contributed by atoms with Crippen LogP contribution in [0.2, 0.25) is 0 Å². The molecule has 3 aromatic rings. The summed E-state index contributed by atoms with van der Waals surface area (Å²) in [7, 11) is 0. The van der Waals surface area contributed by atoms with Gasteiger partial charge in [0.25, 0.3) is 5.56 Å². The van der Waals surface area contributed by atoms with Gasteiger partial charge in [-0.25, -0.2) is 9.50 Å². The molecule has 26 heavy (non-hydrogen) atoms. The minimum Gasteiger partial charge on any atom is -0.348 e. The molecule has 1 atom stereocenters. The van der Waals surface area contributed by atoms with Crippen molar-refractivity contribution in [2.75, 3.05) is 0 Å². The maximum atomic E-state index is 12.3. The lowest BCUT2D eigenvalue weighted by molar-refractivity contribution is -0.121. The van der Waals surface area contributed by atoms with Crippen LogP contribution in [0.4, 0.5) is 0 Å². The highest BCUT2D eigenvalue weighted by Gasteiger charge is 2.14. The number of hydrogen-bond donors (Lipinski definition) is 2. The van der Waals surface area contributed by atoms with Crippen LogP contribution < -0.4 is 10.9 Å². The van der Waals surface area contributed by atoms with Gasteiger partial charge in [0, 0.05) is 37.0 Å². The van der Waals surface area contributed by atoms with Crippen molar-refractivity contribution < 1.29 is 4.79 Å². The fourth-order valence-electron chi connectivity index (χ4n) is 2.95. The second-order valence-corrected chi connectivity index (χ2v) is 6.54. The molecule has 0 aliphatic carbocycles. The smallest absolute Gasteiger partial charge is 0.272 e. The molecule has 8 nitrogen and oxygen atoms in total. The van der Waals surface area contributed by atoms with Crippen LogP contribution in [0.3, 0.4) is 0 Å². The average molecular weight is 356 g/mol. The van der Waals surface area contributed by atoms with Gasteiger partial charge in [0.05, 0.1) is 17.4 Å². The Morgan fingerprint density at radius 3 is 2.81 bits per heavy atom. The molecule has 3 aromatic heterocycles. The van der Waals surface area contributed by atoms with E-state index in [1.807, 2.05) is 38.6 Å². The van der Waals surface area contributed by atoms with E-state index >= 15 is 0 Å². The SMILES string of the molecule is CCn1cc(CCC(=O)NC(C)c2cc(=O)n3[nH]c(C)cc3n2)c(C)n1. The third kappa shape index (κ3) is 3.68. The summed E-state index contributed by atoms with van der Waals surface area (Å²) in [6.07, 6.45) is 2.98. The van der Waals surface area contributed by atoms with E-state index in [-0.39, 0.29) is 17.5 Å². The van der Waals surface area contributed by atoms with E-state index in [0.717, 1.165) is 23.5 Å². The summed E-state index contributed by atoms with van der Waals surface area (Å²) < 4.78 is 3.26. The summed E-state index contributed by atoms with van der Waals surface area (Å²) >= 11 is 0. The molecular weight excluding hydrogens is 332 g/mol. The number of aryl methyl sites for hydroxylation is 4. The number of nitrogens with one attached hydrogen (secondary N) is 2. The van der Waals surface area contributed by atoms with Gasteiger partial charge >= 0.3 is 0 Å². The van der Waals surface area contributed by atoms with E-state index in [9.17, 15) is 9.59 Å². The third-order valence-electron chi connectivity index (χ3n) is 4.41. The number of H-pyrrole nitrogens is 1. The van der Waals surface area contributed by atoms with Gasteiger partial charge in [0.2, 0.25) is 5.91 Å². The zero-order valence-electron chi connectivity index (χ0n) is 15.5. The highest BCUT2D eigenvalue weighted by Crippen LogP contribution is 2.12. The molecule has 0 radical (unpaired) electrons. The molecule has 0 fully saturated rings. The number of aromatic nitrogens is 5. The van der Waals surface area contributed by atoms with Crippen molar-refractivity contribution in [3.05, 3.63) is 51.3 Å². The number of amides is 1. The minimum absolute atomic E-state index is 0.0756. The van der Waals surface area contributed by atoms with E-state index in [1.165, 1.54) is 10.6 Å². The molecular formula is C18H24N6O2. The molecule has 3 heterocycles. The molecule has 0 aliphatic rings. The molecule has 8 heteroatoms. The fourth-order valence-corrected chi connectivity index (χ4v) is 2.95. The Hall–Kier alpha value is -2.90. The van der Waals surface area contributed by atoms with Gasteiger partial charge in [-0.2, -0.15) is 5.10 Å². The Morgan fingerprint density at radius 2 is 2.12 bits per heavy atom. The van der Waals surface area contributed by atoms with Gasteiger partial charge in [-0.05, 0) is 39.7 Å². The first kappa shape index (κ1) is 17.9. The van der Waals surface area contributed by atoms with Crippen molar-refractivity contribution in [1.29, 1.82) is 0 Å². The summed E-state index contributed by atoms with van der Waals surface area (Å²) in [4.78, 5) is 28.9. The van der Waals surface area contributed by atoms with Crippen molar-refractivity contribution in [1.82, 2.24) is 29.7 Å². The highest BCUT2D eigenvalue weighted by atomic mass is 16.1. The Bertz CT molecular complexity index is 997. The van der Waals surface area contributed by atoms with E-state index in [2.05, 4.69) is 20.5 Å². The summed E-state index contributed by atoms with van der Waals surface area (Å²) in [6, 6.07) is 2.91. The van der Waals surface area contributed by atoms with Crippen molar-refractivity contribution in [3.63, 3.8) is 0 Å². The molecule has 2 N–H and O–H groups in total. The molecule has 0 saturated carbocycles. The van der Waals surface area contributed by atoms with Crippen molar-refractivity contribution >= 4 is 11.6 Å². The van der Waals surface area contributed by atoms with Crippen LogP contribution in [0, 0.1) is 13.8 Å². The van der Waals surface area contributed by atoms with Crippen LogP contribution in [0.5, 0.6) is 0 Å². The zero-order chi connectivity index (χ0) is 18.8. The van der Waals surface area contributed by atoms with Crippen LogP contribution >= 0.6 is 0 Å². The largest absolute Gasteiger partial charge is 0.348 e. The molecule has 0 spiro atoms. The number of carbonyl (C=O) groups excluding carboxylic acids is 1. The second-order valence-electron chi connectivity index (χ2n) is 6.54. The predicted molar refractivity (Wildman–Crippen MR) is 98.1 cm³/mol. The number of nitrogens with zero attached hydrogens (tertiary/aromatic N) is 4. The zero-order valence-corrected chi connectivity index (χ0v) is 15.5.